The molecule has 0 aliphatic rings. The molecule has 0 atom stereocenters. The van der Waals surface area contributed by atoms with Gasteiger partial charge in [-0.05, 0) is 38.0 Å². The SMILES string of the molecule is Cc1ccc(CNCC(=O)Nc2ccc(C)cc2C)cc1. The highest BCUT2D eigenvalue weighted by Crippen LogP contribution is 2.15. The van der Waals surface area contributed by atoms with Crippen LogP contribution in [0.1, 0.15) is 22.3 Å². The molecule has 3 nitrogen and oxygen atoms in total. The second-order valence-electron chi connectivity index (χ2n) is 5.46. The van der Waals surface area contributed by atoms with E-state index >= 15 is 0 Å². The number of carbonyl (C=O) groups excluding carboxylic acids is 1. The zero-order valence-corrected chi connectivity index (χ0v) is 12.9. The molecule has 2 aromatic carbocycles. The van der Waals surface area contributed by atoms with Crippen LogP contribution >= 0.6 is 0 Å². The number of carbonyl (C=O) groups is 1. The lowest BCUT2D eigenvalue weighted by atomic mass is 10.1. The van der Waals surface area contributed by atoms with Gasteiger partial charge in [0.2, 0.25) is 5.91 Å². The minimum absolute atomic E-state index is 0.0194. The Morgan fingerprint density at radius 2 is 1.62 bits per heavy atom. The quantitative estimate of drug-likeness (QED) is 0.883. The number of amides is 1. The summed E-state index contributed by atoms with van der Waals surface area (Å²) >= 11 is 0. The van der Waals surface area contributed by atoms with Crippen molar-refractivity contribution in [3.63, 3.8) is 0 Å². The summed E-state index contributed by atoms with van der Waals surface area (Å²) in [6.07, 6.45) is 0. The van der Waals surface area contributed by atoms with E-state index in [9.17, 15) is 4.79 Å². The summed E-state index contributed by atoms with van der Waals surface area (Å²) in [5.41, 5.74) is 5.58. The van der Waals surface area contributed by atoms with E-state index in [2.05, 4.69) is 47.9 Å². The van der Waals surface area contributed by atoms with Crippen LogP contribution in [0.4, 0.5) is 5.69 Å². The Balaban J connectivity index is 1.81. The first-order valence-corrected chi connectivity index (χ1v) is 7.18. The maximum Gasteiger partial charge on any atom is 0.238 e. The van der Waals surface area contributed by atoms with E-state index in [-0.39, 0.29) is 5.91 Å². The lowest BCUT2D eigenvalue weighted by Crippen LogP contribution is -2.27. The Labute approximate surface area is 126 Å². The van der Waals surface area contributed by atoms with E-state index in [4.69, 9.17) is 0 Å². The Hall–Kier alpha value is -2.13. The summed E-state index contributed by atoms with van der Waals surface area (Å²) in [5, 5.41) is 6.09. The van der Waals surface area contributed by atoms with E-state index in [0.717, 1.165) is 11.3 Å². The Kier molecular flexibility index (Phi) is 5.12. The first-order chi connectivity index (χ1) is 10.0. The fourth-order valence-corrected chi connectivity index (χ4v) is 2.17. The summed E-state index contributed by atoms with van der Waals surface area (Å²) in [6, 6.07) is 14.3. The van der Waals surface area contributed by atoms with Gasteiger partial charge in [0.1, 0.15) is 0 Å². The summed E-state index contributed by atoms with van der Waals surface area (Å²) in [7, 11) is 0. The molecule has 21 heavy (non-hydrogen) atoms. The van der Waals surface area contributed by atoms with Gasteiger partial charge in [-0.15, -0.1) is 0 Å². The summed E-state index contributed by atoms with van der Waals surface area (Å²) in [6.45, 7) is 7.11. The molecule has 0 unspecified atom stereocenters. The highest BCUT2D eigenvalue weighted by molar-refractivity contribution is 5.92. The highest BCUT2D eigenvalue weighted by Gasteiger charge is 2.04. The topological polar surface area (TPSA) is 41.1 Å². The van der Waals surface area contributed by atoms with E-state index in [1.54, 1.807) is 0 Å². The Bertz CT molecular complexity index is 618. The molecule has 0 aliphatic heterocycles. The molecule has 2 aromatic rings. The molecular weight excluding hydrogens is 260 g/mol. The van der Waals surface area contributed by atoms with Crippen molar-refractivity contribution in [3.8, 4) is 0 Å². The third-order valence-electron chi connectivity index (χ3n) is 3.39. The van der Waals surface area contributed by atoms with Crippen molar-refractivity contribution in [3.05, 3.63) is 64.7 Å². The van der Waals surface area contributed by atoms with Crippen LogP contribution in [0.2, 0.25) is 0 Å². The molecule has 0 aromatic heterocycles. The number of hydrogen-bond acceptors (Lipinski definition) is 2. The van der Waals surface area contributed by atoms with Crippen molar-refractivity contribution < 1.29 is 4.79 Å². The average Bonchev–Trinajstić information content (AvgIpc) is 2.44. The van der Waals surface area contributed by atoms with Crippen LogP contribution in [-0.4, -0.2) is 12.5 Å². The van der Waals surface area contributed by atoms with Crippen LogP contribution in [-0.2, 0) is 11.3 Å². The van der Waals surface area contributed by atoms with Crippen LogP contribution in [0, 0.1) is 20.8 Å². The maximum atomic E-state index is 11.9. The largest absolute Gasteiger partial charge is 0.325 e. The average molecular weight is 282 g/mol. The van der Waals surface area contributed by atoms with Crippen LogP contribution in [0.15, 0.2) is 42.5 Å². The number of aryl methyl sites for hydroxylation is 3. The van der Waals surface area contributed by atoms with E-state index in [1.807, 2.05) is 26.0 Å². The van der Waals surface area contributed by atoms with E-state index < -0.39 is 0 Å². The molecule has 0 aliphatic carbocycles. The summed E-state index contributed by atoms with van der Waals surface area (Å²) in [5.74, 6) is -0.0194. The van der Waals surface area contributed by atoms with Crippen molar-refractivity contribution in [2.24, 2.45) is 0 Å². The van der Waals surface area contributed by atoms with Gasteiger partial charge in [-0.3, -0.25) is 4.79 Å². The molecule has 3 heteroatoms. The van der Waals surface area contributed by atoms with Gasteiger partial charge in [-0.25, -0.2) is 0 Å². The van der Waals surface area contributed by atoms with Crippen LogP contribution in [0.3, 0.4) is 0 Å². The molecule has 0 saturated carbocycles. The summed E-state index contributed by atoms with van der Waals surface area (Å²) < 4.78 is 0. The molecular formula is C18H22N2O. The predicted molar refractivity (Wildman–Crippen MR) is 87.4 cm³/mol. The third kappa shape index (κ3) is 4.72. The van der Waals surface area contributed by atoms with Crippen LogP contribution in [0.5, 0.6) is 0 Å². The number of hydrogen-bond donors (Lipinski definition) is 2. The molecule has 0 saturated heterocycles. The number of rotatable bonds is 5. The van der Waals surface area contributed by atoms with Crippen molar-refractivity contribution in [2.45, 2.75) is 27.3 Å². The molecule has 0 spiro atoms. The minimum Gasteiger partial charge on any atom is -0.325 e. The molecule has 110 valence electrons. The normalized spacial score (nSPS) is 10.4. The molecule has 0 heterocycles. The van der Waals surface area contributed by atoms with Gasteiger partial charge in [-0.1, -0.05) is 47.5 Å². The number of nitrogens with one attached hydrogen (secondary N) is 2. The first kappa shape index (κ1) is 15.3. The fourth-order valence-electron chi connectivity index (χ4n) is 2.17. The molecule has 0 radical (unpaired) electrons. The minimum atomic E-state index is -0.0194. The van der Waals surface area contributed by atoms with Gasteiger partial charge in [0.15, 0.2) is 0 Å². The zero-order valence-electron chi connectivity index (χ0n) is 12.9. The molecule has 0 fully saturated rings. The first-order valence-electron chi connectivity index (χ1n) is 7.18. The van der Waals surface area contributed by atoms with Gasteiger partial charge in [-0.2, -0.15) is 0 Å². The van der Waals surface area contributed by atoms with Crippen molar-refractivity contribution in [1.82, 2.24) is 5.32 Å². The Morgan fingerprint density at radius 1 is 0.952 bits per heavy atom. The predicted octanol–water partition coefficient (Wildman–Crippen LogP) is 3.34. The van der Waals surface area contributed by atoms with Crippen LogP contribution < -0.4 is 10.6 Å². The van der Waals surface area contributed by atoms with Gasteiger partial charge >= 0.3 is 0 Å². The second-order valence-corrected chi connectivity index (χ2v) is 5.46. The molecule has 2 N–H and O–H groups in total. The zero-order chi connectivity index (χ0) is 15.2. The second kappa shape index (κ2) is 7.04. The number of anilines is 1. The summed E-state index contributed by atoms with van der Waals surface area (Å²) in [4.78, 5) is 11.9. The molecule has 2 rings (SSSR count). The van der Waals surface area contributed by atoms with Crippen LogP contribution in [0.25, 0.3) is 0 Å². The van der Waals surface area contributed by atoms with E-state index in [1.165, 1.54) is 16.7 Å². The van der Waals surface area contributed by atoms with Gasteiger partial charge in [0, 0.05) is 12.2 Å². The highest BCUT2D eigenvalue weighted by atomic mass is 16.1. The monoisotopic (exact) mass is 282 g/mol. The third-order valence-corrected chi connectivity index (χ3v) is 3.39. The van der Waals surface area contributed by atoms with Gasteiger partial charge in [0.25, 0.3) is 0 Å². The molecule has 0 bridgehead atoms. The van der Waals surface area contributed by atoms with Crippen molar-refractivity contribution in [2.75, 3.05) is 11.9 Å². The fraction of sp³-hybridized carbons (Fsp3) is 0.278. The standard InChI is InChI=1S/C18H22N2O/c1-13-4-7-16(8-5-13)11-19-12-18(21)20-17-9-6-14(2)10-15(17)3/h4-10,19H,11-12H2,1-3H3,(H,20,21). The lowest BCUT2D eigenvalue weighted by molar-refractivity contribution is -0.115. The maximum absolute atomic E-state index is 11.9. The van der Waals surface area contributed by atoms with Crippen molar-refractivity contribution in [1.29, 1.82) is 0 Å². The molecule has 1 amide bonds. The lowest BCUT2D eigenvalue weighted by Gasteiger charge is -2.10. The van der Waals surface area contributed by atoms with E-state index in [0.29, 0.717) is 13.1 Å². The van der Waals surface area contributed by atoms with Gasteiger partial charge in [0.05, 0.1) is 6.54 Å². The van der Waals surface area contributed by atoms with Crippen molar-refractivity contribution >= 4 is 11.6 Å². The Morgan fingerprint density at radius 3 is 2.29 bits per heavy atom. The smallest absolute Gasteiger partial charge is 0.238 e. The van der Waals surface area contributed by atoms with Gasteiger partial charge < -0.3 is 10.6 Å². The number of benzene rings is 2.